The first kappa shape index (κ1) is 25.6. The van der Waals surface area contributed by atoms with E-state index in [4.69, 9.17) is 0 Å². The van der Waals surface area contributed by atoms with Gasteiger partial charge in [-0.3, -0.25) is 4.57 Å². The molecule has 8 heteroatoms. The van der Waals surface area contributed by atoms with Crippen LogP contribution in [0.5, 0.6) is 0 Å². The molecule has 0 radical (unpaired) electrons. The third-order valence-electron chi connectivity index (χ3n) is 6.32. The smallest absolute Gasteiger partial charge is 0.196 e. The molecular formula is C30H26N2O4S2. The van der Waals surface area contributed by atoms with Crippen molar-refractivity contribution < 1.29 is 16.8 Å². The Bertz CT molecular complexity index is 1710. The number of nitrogens with zero attached hydrogens (tertiary/aromatic N) is 2. The summed E-state index contributed by atoms with van der Waals surface area (Å²) in [6.07, 6.45) is 5.48. The van der Waals surface area contributed by atoms with Gasteiger partial charge in [-0.15, -0.1) is 0 Å². The van der Waals surface area contributed by atoms with Gasteiger partial charge in [-0.25, -0.2) is 21.8 Å². The fraction of sp³-hybridized carbons (Fsp3) is 0.100. The Hall–Kier alpha value is -4.01. The second-order valence-electron chi connectivity index (χ2n) is 8.77. The highest BCUT2D eigenvalue weighted by atomic mass is 32.3. The van der Waals surface area contributed by atoms with Gasteiger partial charge in [-0.2, -0.15) is 0 Å². The fourth-order valence-corrected chi connectivity index (χ4v) is 8.88. The van der Waals surface area contributed by atoms with E-state index < -0.39 is 24.3 Å². The summed E-state index contributed by atoms with van der Waals surface area (Å²) in [7, 11) is -8.36. The van der Waals surface area contributed by atoms with E-state index in [0.29, 0.717) is 6.42 Å². The van der Waals surface area contributed by atoms with Gasteiger partial charge in [-0.05, 0) is 55.0 Å². The summed E-state index contributed by atoms with van der Waals surface area (Å²) in [6, 6.07) is 31.2. The van der Waals surface area contributed by atoms with E-state index in [1.165, 1.54) is 24.3 Å². The lowest BCUT2D eigenvalue weighted by Gasteiger charge is -2.17. The molecule has 0 aliphatic heterocycles. The zero-order chi connectivity index (χ0) is 26.6. The van der Waals surface area contributed by atoms with Crippen molar-refractivity contribution >= 4 is 30.6 Å². The molecule has 5 aromatic rings. The van der Waals surface area contributed by atoms with Crippen LogP contribution in [-0.2, 0) is 26.1 Å². The lowest BCUT2D eigenvalue weighted by Crippen LogP contribution is -2.30. The zero-order valence-corrected chi connectivity index (χ0v) is 22.1. The number of hydrogen-bond donors (Lipinski definition) is 0. The molecule has 2 heterocycles. The maximum absolute atomic E-state index is 13.5. The Labute approximate surface area is 222 Å². The Morgan fingerprint density at radius 3 is 1.87 bits per heavy atom. The van der Waals surface area contributed by atoms with Crippen molar-refractivity contribution in [3.63, 3.8) is 0 Å². The quantitative estimate of drug-likeness (QED) is 0.220. The number of allylic oxidation sites excluding steroid dienone is 2. The number of aromatic nitrogens is 2. The largest absolute Gasteiger partial charge is 0.298 e. The highest BCUT2D eigenvalue weighted by Gasteiger charge is 2.38. The first-order valence-electron chi connectivity index (χ1n) is 12.1. The van der Waals surface area contributed by atoms with Crippen molar-refractivity contribution in [2.45, 2.75) is 27.2 Å². The minimum absolute atomic E-state index is 0.0202. The van der Waals surface area contributed by atoms with Crippen LogP contribution in [0, 0.1) is 0 Å². The number of benzene rings is 3. The van der Waals surface area contributed by atoms with Crippen molar-refractivity contribution in [2.75, 3.05) is 0 Å². The van der Waals surface area contributed by atoms with E-state index in [2.05, 4.69) is 15.6 Å². The lowest BCUT2D eigenvalue weighted by molar-refractivity contribution is 0.574. The minimum atomic E-state index is -4.18. The first-order valence-corrected chi connectivity index (χ1v) is 15.2. The standard InChI is InChI=1S/C30H26N2O4S2/c33-37(34,26-15-3-1-4-16-26)30(38(35,36)27-17-5-2-6-18-27)21-10-8-14-25-23-24-13-7-9-19-28(24)32(25)29-20-11-12-22-31-29/h1-13,15-20,22-23,30H,14,21H2/b10-8+. The molecule has 0 spiro atoms. The molecule has 6 nitrogen and oxygen atoms in total. The van der Waals surface area contributed by atoms with Gasteiger partial charge in [0.05, 0.1) is 15.3 Å². The molecule has 5 rings (SSSR count). The molecule has 0 saturated carbocycles. The molecule has 38 heavy (non-hydrogen) atoms. The van der Waals surface area contributed by atoms with Crippen LogP contribution in [-0.4, -0.2) is 31.0 Å². The van der Waals surface area contributed by atoms with E-state index >= 15 is 0 Å². The van der Waals surface area contributed by atoms with Crippen molar-refractivity contribution in [2.24, 2.45) is 0 Å². The van der Waals surface area contributed by atoms with E-state index in [1.807, 2.05) is 48.5 Å². The van der Waals surface area contributed by atoms with Crippen LogP contribution in [0.2, 0.25) is 0 Å². The summed E-state index contributed by atoms with van der Waals surface area (Å²) < 4.78 is 54.6. The summed E-state index contributed by atoms with van der Waals surface area (Å²) in [4.78, 5) is 4.46. The van der Waals surface area contributed by atoms with Crippen LogP contribution < -0.4 is 0 Å². The topological polar surface area (TPSA) is 86.1 Å². The molecule has 2 aromatic heterocycles. The van der Waals surface area contributed by atoms with Crippen molar-refractivity contribution in [3.05, 3.63) is 133 Å². The molecule has 0 atom stereocenters. The minimum Gasteiger partial charge on any atom is -0.298 e. The molecule has 0 N–H and O–H groups in total. The van der Waals surface area contributed by atoms with Crippen LogP contribution in [0.4, 0.5) is 0 Å². The van der Waals surface area contributed by atoms with Gasteiger partial charge in [-0.1, -0.05) is 72.8 Å². The van der Waals surface area contributed by atoms with Crippen LogP contribution in [0.1, 0.15) is 12.1 Å². The molecule has 0 bridgehead atoms. The van der Waals surface area contributed by atoms with Gasteiger partial charge >= 0.3 is 0 Å². The van der Waals surface area contributed by atoms with Gasteiger partial charge in [0.2, 0.25) is 0 Å². The van der Waals surface area contributed by atoms with Crippen LogP contribution in [0.25, 0.3) is 16.7 Å². The van der Waals surface area contributed by atoms with Crippen molar-refractivity contribution in [1.82, 2.24) is 9.55 Å². The molecule has 0 amide bonds. The highest BCUT2D eigenvalue weighted by Crippen LogP contribution is 2.29. The van der Waals surface area contributed by atoms with Gasteiger partial charge in [0.1, 0.15) is 5.82 Å². The van der Waals surface area contributed by atoms with Gasteiger partial charge in [0.25, 0.3) is 0 Å². The Morgan fingerprint density at radius 2 is 1.26 bits per heavy atom. The van der Waals surface area contributed by atoms with Gasteiger partial charge in [0.15, 0.2) is 24.3 Å². The van der Waals surface area contributed by atoms with Gasteiger partial charge in [0, 0.05) is 23.7 Å². The number of fused-ring (bicyclic) bond motifs is 1. The summed E-state index contributed by atoms with van der Waals surface area (Å²) in [5.74, 6) is 0.772. The predicted molar refractivity (Wildman–Crippen MR) is 150 cm³/mol. The predicted octanol–water partition coefficient (Wildman–Crippen LogP) is 5.79. The molecule has 0 saturated heterocycles. The molecule has 0 aliphatic carbocycles. The molecule has 3 aromatic carbocycles. The second-order valence-corrected chi connectivity index (χ2v) is 13.3. The Morgan fingerprint density at radius 1 is 0.684 bits per heavy atom. The molecule has 0 fully saturated rings. The lowest BCUT2D eigenvalue weighted by atomic mass is 10.2. The number of sulfone groups is 2. The Kier molecular flexibility index (Phi) is 7.26. The number of para-hydroxylation sites is 1. The summed E-state index contributed by atoms with van der Waals surface area (Å²) in [5, 5.41) is 1.05. The fourth-order valence-electron chi connectivity index (χ4n) is 4.47. The zero-order valence-electron chi connectivity index (χ0n) is 20.5. The summed E-state index contributed by atoms with van der Waals surface area (Å²) in [5.41, 5.74) is 1.96. The second kappa shape index (κ2) is 10.8. The van der Waals surface area contributed by atoms with Gasteiger partial charge < -0.3 is 0 Å². The molecular weight excluding hydrogens is 516 g/mol. The molecule has 192 valence electrons. The highest BCUT2D eigenvalue weighted by molar-refractivity contribution is 8.09. The third-order valence-corrected chi connectivity index (χ3v) is 11.5. The first-order chi connectivity index (χ1) is 18.4. The van der Waals surface area contributed by atoms with Crippen molar-refractivity contribution in [3.8, 4) is 5.82 Å². The van der Waals surface area contributed by atoms with E-state index in [-0.39, 0.29) is 16.2 Å². The maximum Gasteiger partial charge on any atom is 0.196 e. The monoisotopic (exact) mass is 542 g/mol. The number of rotatable bonds is 9. The van der Waals surface area contributed by atoms with E-state index in [9.17, 15) is 16.8 Å². The molecule has 0 aliphatic rings. The normalized spacial score (nSPS) is 12.4. The number of hydrogen-bond acceptors (Lipinski definition) is 5. The van der Waals surface area contributed by atoms with Crippen molar-refractivity contribution in [1.29, 1.82) is 0 Å². The Balaban J connectivity index is 1.48. The van der Waals surface area contributed by atoms with E-state index in [1.54, 1.807) is 48.7 Å². The number of pyridine rings is 1. The maximum atomic E-state index is 13.5. The summed E-state index contributed by atoms with van der Waals surface area (Å²) >= 11 is 0. The average molecular weight is 543 g/mol. The summed E-state index contributed by atoms with van der Waals surface area (Å²) in [6.45, 7) is 0. The van der Waals surface area contributed by atoms with E-state index in [0.717, 1.165) is 22.4 Å². The van der Waals surface area contributed by atoms with Crippen LogP contribution >= 0.6 is 0 Å². The van der Waals surface area contributed by atoms with Crippen LogP contribution in [0.3, 0.4) is 0 Å². The SMILES string of the molecule is O=S(=O)(c1ccccc1)C(C/C=C/Cc1cc2ccccc2n1-c1ccccn1)S(=O)(=O)c1ccccc1. The average Bonchev–Trinajstić information content (AvgIpc) is 3.32. The molecule has 0 unspecified atom stereocenters. The third kappa shape index (κ3) is 5.05. The van der Waals surface area contributed by atoms with Crippen LogP contribution in [0.15, 0.2) is 137 Å².